The fourth-order valence-corrected chi connectivity index (χ4v) is 0.893. The van der Waals surface area contributed by atoms with E-state index in [-0.39, 0.29) is 19.1 Å². The van der Waals surface area contributed by atoms with Gasteiger partial charge in [0.15, 0.2) is 0 Å². The second-order valence-electron chi connectivity index (χ2n) is 2.35. The second kappa shape index (κ2) is 4.79. The molecular weight excluding hydrogens is 192 g/mol. The zero-order valence-electron chi connectivity index (χ0n) is 6.83. The van der Waals surface area contributed by atoms with E-state index in [1.165, 1.54) is 12.3 Å². The maximum atomic E-state index is 11.2. The Labute approximate surface area is 80.6 Å². The molecule has 1 rings (SSSR count). The van der Waals surface area contributed by atoms with Crippen molar-refractivity contribution in [3.8, 4) is 0 Å². The van der Waals surface area contributed by atoms with Gasteiger partial charge in [0.1, 0.15) is 5.15 Å². The van der Waals surface area contributed by atoms with E-state index in [1.54, 1.807) is 6.07 Å². The Morgan fingerprint density at radius 2 is 2.38 bits per heavy atom. The highest BCUT2D eigenvalue weighted by Gasteiger charge is 2.03. The first kappa shape index (κ1) is 9.95. The molecule has 0 saturated heterocycles. The average molecular weight is 201 g/mol. The van der Waals surface area contributed by atoms with Crippen LogP contribution in [0.1, 0.15) is 10.4 Å². The average Bonchev–Trinajstić information content (AvgIpc) is 2.15. The topological polar surface area (TPSA) is 62.2 Å². The zero-order valence-corrected chi connectivity index (χ0v) is 7.58. The van der Waals surface area contributed by atoms with Crippen LogP contribution >= 0.6 is 11.6 Å². The summed E-state index contributed by atoms with van der Waals surface area (Å²) in [6.45, 7) is 0.161. The summed E-state index contributed by atoms with van der Waals surface area (Å²) in [5.74, 6) is -0.266. The first-order chi connectivity index (χ1) is 6.24. The molecule has 0 fully saturated rings. The van der Waals surface area contributed by atoms with Crippen LogP contribution < -0.4 is 5.32 Å². The number of nitrogens with zero attached hydrogens (tertiary/aromatic N) is 1. The molecule has 0 aliphatic rings. The zero-order chi connectivity index (χ0) is 9.68. The van der Waals surface area contributed by atoms with E-state index in [2.05, 4.69) is 10.3 Å². The standard InChI is InChI=1S/C8H9ClN2O2/c9-7-2-1-6(5-11-7)8(13)10-3-4-12/h1-2,5,12H,3-4H2,(H,10,13). The largest absolute Gasteiger partial charge is 0.395 e. The molecule has 0 aliphatic heterocycles. The maximum Gasteiger partial charge on any atom is 0.252 e. The lowest BCUT2D eigenvalue weighted by atomic mass is 10.3. The van der Waals surface area contributed by atoms with Crippen LogP contribution in [0.15, 0.2) is 18.3 Å². The maximum absolute atomic E-state index is 11.2. The molecule has 0 aromatic carbocycles. The van der Waals surface area contributed by atoms with E-state index in [0.717, 1.165) is 0 Å². The predicted molar refractivity (Wildman–Crippen MR) is 48.7 cm³/mol. The van der Waals surface area contributed by atoms with Gasteiger partial charge in [-0.1, -0.05) is 11.6 Å². The van der Waals surface area contributed by atoms with Crippen LogP contribution in [0.25, 0.3) is 0 Å². The molecular formula is C8H9ClN2O2. The molecule has 1 aromatic rings. The molecule has 0 spiro atoms. The van der Waals surface area contributed by atoms with Gasteiger partial charge in [-0.25, -0.2) is 4.98 Å². The molecule has 70 valence electrons. The van der Waals surface area contributed by atoms with Gasteiger partial charge < -0.3 is 10.4 Å². The van der Waals surface area contributed by atoms with Crippen LogP contribution in [0.4, 0.5) is 0 Å². The Morgan fingerprint density at radius 1 is 1.62 bits per heavy atom. The van der Waals surface area contributed by atoms with Gasteiger partial charge in [0.25, 0.3) is 5.91 Å². The van der Waals surface area contributed by atoms with Crippen molar-refractivity contribution in [2.75, 3.05) is 13.2 Å². The second-order valence-corrected chi connectivity index (χ2v) is 2.74. The number of hydrogen-bond acceptors (Lipinski definition) is 3. The van der Waals surface area contributed by atoms with Gasteiger partial charge in [-0.3, -0.25) is 4.79 Å². The number of pyridine rings is 1. The van der Waals surface area contributed by atoms with Gasteiger partial charge in [0, 0.05) is 12.7 Å². The lowest BCUT2D eigenvalue weighted by molar-refractivity contribution is 0.0944. The van der Waals surface area contributed by atoms with Gasteiger partial charge in [-0.05, 0) is 12.1 Å². The fourth-order valence-electron chi connectivity index (χ4n) is 0.782. The van der Waals surface area contributed by atoms with Gasteiger partial charge >= 0.3 is 0 Å². The summed E-state index contributed by atoms with van der Waals surface area (Å²) < 4.78 is 0. The normalized spacial score (nSPS) is 9.69. The third-order valence-corrected chi connectivity index (χ3v) is 1.61. The van der Waals surface area contributed by atoms with Crippen LogP contribution in [0.3, 0.4) is 0 Å². The number of nitrogens with one attached hydrogen (secondary N) is 1. The van der Waals surface area contributed by atoms with Crippen molar-refractivity contribution in [3.63, 3.8) is 0 Å². The minimum atomic E-state index is -0.266. The minimum absolute atomic E-state index is 0.0766. The summed E-state index contributed by atoms with van der Waals surface area (Å²) in [6, 6.07) is 3.11. The number of aliphatic hydroxyl groups is 1. The Balaban J connectivity index is 2.61. The molecule has 1 heterocycles. The summed E-state index contributed by atoms with van der Waals surface area (Å²) in [7, 11) is 0. The Bertz CT molecular complexity index is 287. The van der Waals surface area contributed by atoms with Crippen molar-refractivity contribution in [2.24, 2.45) is 0 Å². The van der Waals surface area contributed by atoms with Crippen molar-refractivity contribution in [2.45, 2.75) is 0 Å². The molecule has 0 atom stereocenters. The Hall–Kier alpha value is -1.13. The first-order valence-electron chi connectivity index (χ1n) is 3.74. The predicted octanol–water partition coefficient (Wildman–Crippen LogP) is 0.457. The number of aliphatic hydroxyl groups excluding tert-OH is 1. The van der Waals surface area contributed by atoms with Gasteiger partial charge in [0.05, 0.1) is 12.2 Å². The van der Waals surface area contributed by atoms with E-state index in [1.807, 2.05) is 0 Å². The summed E-state index contributed by atoms with van der Waals surface area (Å²) in [6.07, 6.45) is 1.38. The molecule has 0 unspecified atom stereocenters. The Kier molecular flexibility index (Phi) is 3.67. The molecule has 4 nitrogen and oxygen atoms in total. The van der Waals surface area contributed by atoms with Crippen molar-refractivity contribution < 1.29 is 9.90 Å². The Morgan fingerprint density at radius 3 is 2.92 bits per heavy atom. The fraction of sp³-hybridized carbons (Fsp3) is 0.250. The van der Waals surface area contributed by atoms with Gasteiger partial charge in [-0.15, -0.1) is 0 Å². The van der Waals surface area contributed by atoms with Crippen molar-refractivity contribution in [1.29, 1.82) is 0 Å². The smallest absolute Gasteiger partial charge is 0.252 e. The van der Waals surface area contributed by atoms with Crippen LogP contribution in [0.5, 0.6) is 0 Å². The van der Waals surface area contributed by atoms with Crippen LogP contribution in [-0.4, -0.2) is 29.1 Å². The summed E-state index contributed by atoms with van der Waals surface area (Å²) >= 11 is 5.54. The molecule has 0 bridgehead atoms. The van der Waals surface area contributed by atoms with Crippen LogP contribution in [-0.2, 0) is 0 Å². The number of carbonyl (C=O) groups is 1. The number of amides is 1. The van der Waals surface area contributed by atoms with Crippen molar-refractivity contribution in [1.82, 2.24) is 10.3 Å². The summed E-state index contributed by atoms with van der Waals surface area (Å²) in [5, 5.41) is 11.3. The number of carbonyl (C=O) groups excluding carboxylic acids is 1. The molecule has 5 heteroatoms. The van der Waals surface area contributed by atoms with E-state index in [0.29, 0.717) is 10.7 Å². The monoisotopic (exact) mass is 200 g/mol. The molecule has 1 aromatic heterocycles. The molecule has 2 N–H and O–H groups in total. The molecule has 1 amide bonds. The SMILES string of the molecule is O=C(NCCO)c1ccc(Cl)nc1. The van der Waals surface area contributed by atoms with Gasteiger partial charge in [0.2, 0.25) is 0 Å². The molecule has 13 heavy (non-hydrogen) atoms. The number of hydrogen-bond donors (Lipinski definition) is 2. The molecule has 0 saturated carbocycles. The number of rotatable bonds is 3. The highest BCUT2D eigenvalue weighted by Crippen LogP contribution is 2.04. The number of aromatic nitrogens is 1. The first-order valence-corrected chi connectivity index (χ1v) is 4.12. The summed E-state index contributed by atoms with van der Waals surface area (Å²) in [4.78, 5) is 15.0. The van der Waals surface area contributed by atoms with Crippen LogP contribution in [0.2, 0.25) is 5.15 Å². The van der Waals surface area contributed by atoms with E-state index < -0.39 is 0 Å². The highest BCUT2D eigenvalue weighted by molar-refractivity contribution is 6.29. The van der Waals surface area contributed by atoms with E-state index in [4.69, 9.17) is 16.7 Å². The third kappa shape index (κ3) is 3.01. The van der Waals surface area contributed by atoms with Gasteiger partial charge in [-0.2, -0.15) is 0 Å². The van der Waals surface area contributed by atoms with Crippen molar-refractivity contribution in [3.05, 3.63) is 29.0 Å². The lowest BCUT2D eigenvalue weighted by Gasteiger charge is -2.01. The minimum Gasteiger partial charge on any atom is -0.395 e. The molecule has 0 aliphatic carbocycles. The van der Waals surface area contributed by atoms with Crippen LogP contribution in [0, 0.1) is 0 Å². The third-order valence-electron chi connectivity index (χ3n) is 1.39. The molecule has 0 radical (unpaired) electrons. The van der Waals surface area contributed by atoms with E-state index >= 15 is 0 Å². The summed E-state index contributed by atoms with van der Waals surface area (Å²) in [5.41, 5.74) is 0.429. The number of halogens is 1. The van der Waals surface area contributed by atoms with Crippen molar-refractivity contribution >= 4 is 17.5 Å². The lowest BCUT2D eigenvalue weighted by Crippen LogP contribution is -2.26. The highest BCUT2D eigenvalue weighted by atomic mass is 35.5. The van der Waals surface area contributed by atoms with E-state index in [9.17, 15) is 4.79 Å². The quantitative estimate of drug-likeness (QED) is 0.697.